The highest BCUT2D eigenvalue weighted by atomic mass is 32.2. The quantitative estimate of drug-likeness (QED) is 0.424. The first-order chi connectivity index (χ1) is 23.6. The van der Waals surface area contributed by atoms with E-state index in [1.165, 1.54) is 16.7 Å². The number of aryl methyl sites for hydroxylation is 2. The first-order valence-corrected chi connectivity index (χ1v) is 19.6. The fourth-order valence-corrected chi connectivity index (χ4v) is 10.4. The third-order valence-corrected chi connectivity index (χ3v) is 13.5. The Labute approximate surface area is 291 Å². The lowest BCUT2D eigenvalue weighted by atomic mass is 9.68. The van der Waals surface area contributed by atoms with Gasteiger partial charge >= 0.3 is 6.03 Å². The average Bonchev–Trinajstić information content (AvgIpc) is 3.18. The molecule has 264 valence electrons. The van der Waals surface area contributed by atoms with Crippen LogP contribution in [0.5, 0.6) is 5.75 Å². The Balaban J connectivity index is 1.28. The summed E-state index contributed by atoms with van der Waals surface area (Å²) >= 11 is 0. The Kier molecular flexibility index (Phi) is 9.53. The summed E-state index contributed by atoms with van der Waals surface area (Å²) in [6.07, 6.45) is 10.3. The van der Waals surface area contributed by atoms with Crippen LogP contribution in [0.2, 0.25) is 0 Å². The number of carbonyl (C=O) groups is 2. The number of anilines is 1. The number of urea groups is 1. The van der Waals surface area contributed by atoms with E-state index in [1.54, 1.807) is 18.1 Å². The van der Waals surface area contributed by atoms with Gasteiger partial charge in [0.25, 0.3) is 5.91 Å². The molecule has 2 aromatic carbocycles. The third kappa shape index (κ3) is 6.86. The van der Waals surface area contributed by atoms with Gasteiger partial charge in [-0.1, -0.05) is 42.8 Å². The van der Waals surface area contributed by atoms with Crippen molar-refractivity contribution in [3.63, 3.8) is 0 Å². The molecular weight excluding hydrogens is 639 g/mol. The molecule has 1 saturated heterocycles. The molecule has 7 rings (SSSR count). The second-order valence-electron chi connectivity index (χ2n) is 15.1. The van der Waals surface area contributed by atoms with Crippen LogP contribution in [0.1, 0.15) is 66.1 Å². The maximum atomic E-state index is 14.4. The van der Waals surface area contributed by atoms with Gasteiger partial charge in [0.05, 0.1) is 24.2 Å². The second-order valence-corrected chi connectivity index (χ2v) is 17.1. The van der Waals surface area contributed by atoms with Crippen molar-refractivity contribution in [1.29, 1.82) is 0 Å². The number of likely N-dealkylation sites (N-methyl/N-ethyl adjacent to an activating group) is 1. The smallest absolute Gasteiger partial charge is 0.329 e. The van der Waals surface area contributed by atoms with Gasteiger partial charge < -0.3 is 24.6 Å². The zero-order valence-corrected chi connectivity index (χ0v) is 30.1. The summed E-state index contributed by atoms with van der Waals surface area (Å²) in [6.45, 7) is 7.31. The predicted molar refractivity (Wildman–Crippen MR) is 193 cm³/mol. The normalized spacial score (nSPS) is 32.4. The Morgan fingerprint density at radius 1 is 1.14 bits per heavy atom. The highest BCUT2D eigenvalue weighted by Gasteiger charge is 2.44. The molecule has 10 nitrogen and oxygen atoms in total. The number of ether oxygens (including phenoxy) is 2. The van der Waals surface area contributed by atoms with Crippen LogP contribution in [-0.2, 0) is 26.5 Å². The van der Waals surface area contributed by atoms with Crippen molar-refractivity contribution < 1.29 is 23.3 Å². The molecule has 3 heterocycles. The lowest BCUT2D eigenvalue weighted by molar-refractivity contribution is 0.0131. The van der Waals surface area contributed by atoms with E-state index >= 15 is 0 Å². The Morgan fingerprint density at radius 2 is 1.98 bits per heavy atom. The van der Waals surface area contributed by atoms with Crippen LogP contribution in [0.3, 0.4) is 0 Å². The molecule has 49 heavy (non-hydrogen) atoms. The summed E-state index contributed by atoms with van der Waals surface area (Å²) in [5, 5.41) is 3.15. The zero-order chi connectivity index (χ0) is 34.3. The number of rotatable bonds is 3. The number of methoxy groups -OCH3 is 1. The average molecular weight is 690 g/mol. The Bertz CT molecular complexity index is 1750. The molecule has 0 aromatic heterocycles. The van der Waals surface area contributed by atoms with Gasteiger partial charge in [0.1, 0.15) is 15.7 Å². The van der Waals surface area contributed by atoms with E-state index < -0.39 is 21.9 Å². The largest absolute Gasteiger partial charge is 0.490 e. The number of amides is 3. The number of nitrogens with zero attached hydrogens (tertiary/aromatic N) is 3. The summed E-state index contributed by atoms with van der Waals surface area (Å²) in [5.74, 6) is 0.898. The number of hydrogen-bond acceptors (Lipinski definition) is 7. The van der Waals surface area contributed by atoms with Crippen molar-refractivity contribution in [2.75, 3.05) is 57.6 Å². The van der Waals surface area contributed by atoms with E-state index in [0.29, 0.717) is 43.5 Å². The summed E-state index contributed by atoms with van der Waals surface area (Å²) < 4.78 is 34.1. The van der Waals surface area contributed by atoms with Crippen molar-refractivity contribution in [1.82, 2.24) is 14.9 Å². The van der Waals surface area contributed by atoms with Crippen LogP contribution < -0.4 is 19.7 Å². The summed E-state index contributed by atoms with van der Waals surface area (Å²) in [4.78, 5) is 31.1. The molecule has 1 spiro atoms. The van der Waals surface area contributed by atoms with Gasteiger partial charge in [-0.15, -0.1) is 4.36 Å². The lowest BCUT2D eigenvalue weighted by Gasteiger charge is -2.46. The number of fused-ring (bicyclic) bond motifs is 4. The SMILES string of the molecule is CNC1CN(C(=O)NS2(=O)=NC(=O)c3ccc4c(c3)N(C[C@@H]3CC[C@H]3[C@@H](OC)/C=C/C[C@H](C)C2)C[C@@]2(CCCc3cc(C)ccc32)CO4)C1. The van der Waals surface area contributed by atoms with E-state index in [4.69, 9.17) is 9.47 Å². The Hall–Kier alpha value is -3.41. The van der Waals surface area contributed by atoms with Gasteiger partial charge in [0.15, 0.2) is 0 Å². The van der Waals surface area contributed by atoms with Crippen LogP contribution in [0, 0.1) is 24.7 Å². The van der Waals surface area contributed by atoms with Crippen LogP contribution in [-0.4, -0.2) is 85.9 Å². The first kappa shape index (κ1) is 34.1. The molecule has 0 radical (unpaired) electrons. The minimum absolute atomic E-state index is 0.0258. The maximum Gasteiger partial charge on any atom is 0.329 e. The molecule has 3 aliphatic heterocycles. The second kappa shape index (κ2) is 13.7. The highest BCUT2D eigenvalue weighted by Crippen LogP contribution is 2.47. The van der Waals surface area contributed by atoms with Gasteiger partial charge in [-0.2, -0.15) is 0 Å². The molecule has 2 aromatic rings. The fraction of sp³-hybridized carbons (Fsp3) is 0.579. The van der Waals surface area contributed by atoms with Crippen LogP contribution in [0.4, 0.5) is 10.5 Å². The molecule has 11 heteroatoms. The molecule has 1 saturated carbocycles. The number of hydrogen-bond donors (Lipinski definition) is 2. The van der Waals surface area contributed by atoms with E-state index in [-0.39, 0.29) is 29.2 Å². The first-order valence-electron chi connectivity index (χ1n) is 17.9. The maximum absolute atomic E-state index is 14.4. The van der Waals surface area contributed by atoms with E-state index in [1.807, 2.05) is 26.1 Å². The van der Waals surface area contributed by atoms with E-state index in [0.717, 1.165) is 56.6 Å². The molecule has 2 N–H and O–H groups in total. The van der Waals surface area contributed by atoms with Gasteiger partial charge in [-0.25, -0.2) is 9.00 Å². The van der Waals surface area contributed by atoms with Crippen molar-refractivity contribution in [2.45, 2.75) is 69.9 Å². The summed E-state index contributed by atoms with van der Waals surface area (Å²) in [7, 11) is 0.202. The number of likely N-dealkylation sites (tertiary alicyclic amines) is 1. The van der Waals surface area contributed by atoms with Crippen molar-refractivity contribution in [2.24, 2.45) is 22.1 Å². The van der Waals surface area contributed by atoms with Gasteiger partial charge in [-0.05, 0) is 99.6 Å². The number of carbonyl (C=O) groups excluding carboxylic acids is 2. The molecule has 2 fully saturated rings. The summed E-state index contributed by atoms with van der Waals surface area (Å²) in [5.41, 5.74) is 5.06. The van der Waals surface area contributed by atoms with Crippen LogP contribution >= 0.6 is 0 Å². The highest BCUT2D eigenvalue weighted by molar-refractivity contribution is 7.92. The zero-order valence-electron chi connectivity index (χ0n) is 29.3. The minimum Gasteiger partial charge on any atom is -0.490 e. The van der Waals surface area contributed by atoms with Crippen molar-refractivity contribution >= 4 is 27.5 Å². The predicted octanol–water partition coefficient (Wildman–Crippen LogP) is 5.24. The van der Waals surface area contributed by atoms with Gasteiger partial charge in [0.2, 0.25) is 0 Å². The topological polar surface area (TPSA) is 113 Å². The molecule has 6 atom stereocenters. The molecule has 1 unspecified atom stereocenters. The summed E-state index contributed by atoms with van der Waals surface area (Å²) in [6, 6.07) is 12.0. The number of benzene rings is 2. The standard InChI is InChI=1S/C38H51N5O5S/c1-25-10-14-32-27(17-25)8-6-16-38(32)23-43-19-29-11-13-31(29)34(47-4)9-5-7-26(2)22-49(46,41-37(45)42-20-30(21-42)39-3)40-36(44)28-12-15-35(48-24-38)33(43)18-28/h5,9-10,12,14-15,17-18,26,29-31,34,39H,6-8,11,13,16,19-24H2,1-4H3,(H,40,41,44,45,46)/b9-5+/t26-,29-,31+,34-,38-,49?/m0/s1. The molecule has 5 aliphatic rings. The fourth-order valence-electron chi connectivity index (χ4n) is 8.56. The van der Waals surface area contributed by atoms with Gasteiger partial charge in [0, 0.05) is 50.3 Å². The van der Waals surface area contributed by atoms with Crippen LogP contribution in [0.25, 0.3) is 0 Å². The minimum atomic E-state index is -3.43. The number of nitrogens with one attached hydrogen (secondary N) is 2. The van der Waals surface area contributed by atoms with Crippen molar-refractivity contribution in [3.05, 3.63) is 70.8 Å². The van der Waals surface area contributed by atoms with E-state index in [2.05, 4.69) is 56.6 Å². The van der Waals surface area contributed by atoms with Crippen LogP contribution in [0.15, 0.2) is 52.9 Å². The Morgan fingerprint density at radius 3 is 2.73 bits per heavy atom. The van der Waals surface area contributed by atoms with Crippen molar-refractivity contribution in [3.8, 4) is 5.75 Å². The molecule has 3 amide bonds. The molecule has 2 bridgehead atoms. The monoisotopic (exact) mass is 689 g/mol. The molecular formula is C38H51N5O5S. The lowest BCUT2D eigenvalue weighted by Crippen LogP contribution is -2.61. The molecule has 2 aliphatic carbocycles. The number of allylic oxidation sites excluding steroid dienone is 1. The third-order valence-electron chi connectivity index (χ3n) is 11.5. The van der Waals surface area contributed by atoms with E-state index in [9.17, 15) is 13.8 Å². The van der Waals surface area contributed by atoms with Gasteiger partial charge in [-0.3, -0.25) is 9.52 Å².